The molecule has 1 aliphatic rings. The van der Waals surface area contributed by atoms with Gasteiger partial charge in [-0.1, -0.05) is 17.7 Å². The van der Waals surface area contributed by atoms with E-state index in [0.29, 0.717) is 6.54 Å². The SMILES string of the molecule is Cc1ccc(C(=O)N2CCC[C@H](N(C)CC(=O)O)CC2)c(C)c1. The zero-order valence-corrected chi connectivity index (χ0v) is 14.2. The lowest BCUT2D eigenvalue weighted by molar-refractivity contribution is -0.138. The highest BCUT2D eigenvalue weighted by Crippen LogP contribution is 2.19. The lowest BCUT2D eigenvalue weighted by atomic mass is 10.0. The molecule has 0 radical (unpaired) electrons. The normalized spacial score (nSPS) is 18.8. The van der Waals surface area contributed by atoms with E-state index in [-0.39, 0.29) is 18.5 Å². The molecule has 1 amide bonds. The molecule has 1 aromatic rings. The minimum Gasteiger partial charge on any atom is -0.480 e. The third-order valence-electron chi connectivity index (χ3n) is 4.61. The number of rotatable bonds is 4. The van der Waals surface area contributed by atoms with Gasteiger partial charge in [0.25, 0.3) is 5.91 Å². The number of carbonyl (C=O) groups is 2. The van der Waals surface area contributed by atoms with E-state index in [0.717, 1.165) is 42.5 Å². The number of carbonyl (C=O) groups excluding carboxylic acids is 1. The highest BCUT2D eigenvalue weighted by Gasteiger charge is 2.25. The predicted molar refractivity (Wildman–Crippen MR) is 89.7 cm³/mol. The molecule has 2 rings (SSSR count). The van der Waals surface area contributed by atoms with Gasteiger partial charge in [-0.05, 0) is 51.8 Å². The number of hydrogen-bond acceptors (Lipinski definition) is 3. The summed E-state index contributed by atoms with van der Waals surface area (Å²) in [5, 5.41) is 8.92. The fourth-order valence-electron chi connectivity index (χ4n) is 3.29. The second-order valence-corrected chi connectivity index (χ2v) is 6.50. The van der Waals surface area contributed by atoms with Crippen molar-refractivity contribution in [1.29, 1.82) is 0 Å². The Bertz CT molecular complexity index is 586. The first-order chi connectivity index (χ1) is 10.9. The van der Waals surface area contributed by atoms with Crippen LogP contribution in [0.2, 0.25) is 0 Å². The van der Waals surface area contributed by atoms with Crippen molar-refractivity contribution in [3.8, 4) is 0 Å². The number of nitrogens with zero attached hydrogens (tertiary/aromatic N) is 2. The van der Waals surface area contributed by atoms with Gasteiger partial charge in [-0.25, -0.2) is 0 Å². The number of likely N-dealkylation sites (tertiary alicyclic amines) is 1. The minimum absolute atomic E-state index is 0.0513. The quantitative estimate of drug-likeness (QED) is 0.925. The fraction of sp³-hybridized carbons (Fsp3) is 0.556. The zero-order valence-electron chi connectivity index (χ0n) is 14.2. The van der Waals surface area contributed by atoms with Crippen LogP contribution in [0.25, 0.3) is 0 Å². The van der Waals surface area contributed by atoms with Crippen LogP contribution < -0.4 is 0 Å². The summed E-state index contributed by atoms with van der Waals surface area (Å²) in [5.74, 6) is -0.719. The molecule has 1 heterocycles. The first-order valence-corrected chi connectivity index (χ1v) is 8.17. The van der Waals surface area contributed by atoms with E-state index in [2.05, 4.69) is 0 Å². The van der Waals surface area contributed by atoms with Crippen LogP contribution in [0.4, 0.5) is 0 Å². The summed E-state index contributed by atoms with van der Waals surface area (Å²) in [4.78, 5) is 27.4. The molecule has 5 nitrogen and oxygen atoms in total. The molecule has 126 valence electrons. The average molecular weight is 318 g/mol. The standard InChI is InChI=1S/C18H26N2O3/c1-13-6-7-16(14(2)11-13)18(23)20-9-4-5-15(8-10-20)19(3)12-17(21)22/h6-7,11,15H,4-5,8-10,12H2,1-3H3,(H,21,22)/t15-/m0/s1. The summed E-state index contributed by atoms with van der Waals surface area (Å²) in [5.41, 5.74) is 2.94. The van der Waals surface area contributed by atoms with Crippen molar-refractivity contribution in [2.24, 2.45) is 0 Å². The van der Waals surface area contributed by atoms with Gasteiger partial charge in [-0.2, -0.15) is 0 Å². The Kier molecular flexibility index (Phi) is 5.77. The Labute approximate surface area is 137 Å². The van der Waals surface area contributed by atoms with Gasteiger partial charge in [0.1, 0.15) is 0 Å². The van der Waals surface area contributed by atoms with Crippen LogP contribution in [0.5, 0.6) is 0 Å². The molecule has 0 unspecified atom stereocenters. The van der Waals surface area contributed by atoms with Crippen LogP contribution in [-0.2, 0) is 4.79 Å². The lowest BCUT2D eigenvalue weighted by Crippen LogP contribution is -2.37. The maximum Gasteiger partial charge on any atom is 0.317 e. The molecule has 1 aliphatic heterocycles. The van der Waals surface area contributed by atoms with Gasteiger partial charge in [0.2, 0.25) is 0 Å². The molecular weight excluding hydrogens is 292 g/mol. The minimum atomic E-state index is -0.806. The van der Waals surface area contributed by atoms with Crippen molar-refractivity contribution >= 4 is 11.9 Å². The second kappa shape index (κ2) is 7.59. The second-order valence-electron chi connectivity index (χ2n) is 6.50. The summed E-state index contributed by atoms with van der Waals surface area (Å²) in [7, 11) is 1.85. The largest absolute Gasteiger partial charge is 0.480 e. The molecule has 0 bridgehead atoms. The van der Waals surface area contributed by atoms with E-state index in [1.54, 1.807) is 0 Å². The van der Waals surface area contributed by atoms with Gasteiger partial charge in [-0.3, -0.25) is 14.5 Å². The number of carboxylic acid groups (broad SMARTS) is 1. The zero-order chi connectivity index (χ0) is 17.0. The van der Waals surface area contributed by atoms with Crippen LogP contribution >= 0.6 is 0 Å². The van der Waals surface area contributed by atoms with E-state index in [9.17, 15) is 9.59 Å². The predicted octanol–water partition coefficient (Wildman–Crippen LogP) is 2.31. The molecule has 1 saturated heterocycles. The number of likely N-dealkylation sites (N-methyl/N-ethyl adjacent to an activating group) is 1. The third kappa shape index (κ3) is 4.55. The summed E-state index contributed by atoms with van der Waals surface area (Å²) >= 11 is 0. The Morgan fingerprint density at radius 1 is 1.26 bits per heavy atom. The molecule has 0 saturated carbocycles. The smallest absolute Gasteiger partial charge is 0.317 e. The van der Waals surface area contributed by atoms with Crippen LogP contribution in [0, 0.1) is 13.8 Å². The van der Waals surface area contributed by atoms with Crippen molar-refractivity contribution < 1.29 is 14.7 Å². The lowest BCUT2D eigenvalue weighted by Gasteiger charge is -2.26. The molecule has 5 heteroatoms. The maximum absolute atomic E-state index is 12.8. The maximum atomic E-state index is 12.8. The molecule has 1 aromatic carbocycles. The summed E-state index contributed by atoms with van der Waals surface area (Å²) in [6.07, 6.45) is 2.66. The molecule has 0 spiro atoms. The Morgan fingerprint density at radius 3 is 2.65 bits per heavy atom. The highest BCUT2D eigenvalue weighted by molar-refractivity contribution is 5.95. The van der Waals surface area contributed by atoms with Gasteiger partial charge in [0.15, 0.2) is 0 Å². The highest BCUT2D eigenvalue weighted by atomic mass is 16.4. The van der Waals surface area contributed by atoms with Crippen molar-refractivity contribution in [1.82, 2.24) is 9.80 Å². The number of hydrogen-bond donors (Lipinski definition) is 1. The number of benzene rings is 1. The number of carboxylic acids is 1. The Balaban J connectivity index is 2.02. The number of aliphatic carboxylic acids is 1. The summed E-state index contributed by atoms with van der Waals surface area (Å²) < 4.78 is 0. The van der Waals surface area contributed by atoms with Crippen molar-refractivity contribution in [3.63, 3.8) is 0 Å². The van der Waals surface area contributed by atoms with Gasteiger partial charge < -0.3 is 10.0 Å². The van der Waals surface area contributed by atoms with Gasteiger partial charge in [-0.15, -0.1) is 0 Å². The molecule has 0 aromatic heterocycles. The number of aryl methyl sites for hydroxylation is 2. The molecule has 23 heavy (non-hydrogen) atoms. The van der Waals surface area contributed by atoms with Crippen LogP contribution in [-0.4, -0.2) is 59.5 Å². The Morgan fingerprint density at radius 2 is 2.00 bits per heavy atom. The molecule has 1 N–H and O–H groups in total. The van der Waals surface area contributed by atoms with Crippen LogP contribution in [0.15, 0.2) is 18.2 Å². The van der Waals surface area contributed by atoms with E-state index < -0.39 is 5.97 Å². The van der Waals surface area contributed by atoms with Crippen LogP contribution in [0.1, 0.15) is 40.7 Å². The van der Waals surface area contributed by atoms with Gasteiger partial charge in [0.05, 0.1) is 6.54 Å². The first-order valence-electron chi connectivity index (χ1n) is 8.17. The van der Waals surface area contributed by atoms with E-state index in [1.807, 2.05) is 48.9 Å². The fourth-order valence-corrected chi connectivity index (χ4v) is 3.29. The van der Waals surface area contributed by atoms with Crippen molar-refractivity contribution in [2.45, 2.75) is 39.2 Å². The van der Waals surface area contributed by atoms with Gasteiger partial charge in [0, 0.05) is 24.7 Å². The number of amides is 1. The molecular formula is C18H26N2O3. The molecule has 0 aliphatic carbocycles. The summed E-state index contributed by atoms with van der Waals surface area (Å²) in [6, 6.07) is 6.14. The Hall–Kier alpha value is -1.88. The average Bonchev–Trinajstić information content (AvgIpc) is 2.71. The van der Waals surface area contributed by atoms with E-state index in [4.69, 9.17) is 5.11 Å². The van der Waals surface area contributed by atoms with E-state index in [1.165, 1.54) is 0 Å². The van der Waals surface area contributed by atoms with Crippen molar-refractivity contribution in [3.05, 3.63) is 34.9 Å². The van der Waals surface area contributed by atoms with Crippen LogP contribution in [0.3, 0.4) is 0 Å². The van der Waals surface area contributed by atoms with Crippen molar-refractivity contribution in [2.75, 3.05) is 26.7 Å². The monoisotopic (exact) mass is 318 g/mol. The van der Waals surface area contributed by atoms with Gasteiger partial charge >= 0.3 is 5.97 Å². The molecule has 1 fully saturated rings. The topological polar surface area (TPSA) is 60.9 Å². The first kappa shape index (κ1) is 17.5. The third-order valence-corrected chi connectivity index (χ3v) is 4.61. The summed E-state index contributed by atoms with van der Waals surface area (Å²) in [6.45, 7) is 5.47. The van der Waals surface area contributed by atoms with E-state index >= 15 is 0 Å². The molecule has 1 atom stereocenters.